The molecule has 0 unspecified atom stereocenters. The van der Waals surface area contributed by atoms with Gasteiger partial charge in [0.2, 0.25) is 5.91 Å². The molecule has 2 aliphatic heterocycles. The van der Waals surface area contributed by atoms with Crippen LogP contribution in [0, 0.1) is 0 Å². The van der Waals surface area contributed by atoms with Crippen LogP contribution in [-0.4, -0.2) is 52.2 Å². The molecule has 2 saturated heterocycles. The number of rotatable bonds is 4. The molecule has 2 fully saturated rings. The Bertz CT molecular complexity index is 725. The largest absolute Gasteiger partial charge is 0.486 e. The summed E-state index contributed by atoms with van der Waals surface area (Å²) < 4.78 is 12.0. The third-order valence-corrected chi connectivity index (χ3v) is 4.84. The average Bonchev–Trinajstić information content (AvgIpc) is 3.24. The van der Waals surface area contributed by atoms with Crippen molar-refractivity contribution in [2.24, 2.45) is 0 Å². The van der Waals surface area contributed by atoms with Crippen LogP contribution in [0.4, 0.5) is 0 Å². The second-order valence-electron chi connectivity index (χ2n) is 6.69. The van der Waals surface area contributed by atoms with E-state index in [1.165, 1.54) is 0 Å². The van der Waals surface area contributed by atoms with E-state index in [1.807, 2.05) is 35.2 Å². The molecule has 2 atom stereocenters. The van der Waals surface area contributed by atoms with Gasteiger partial charge in [0.1, 0.15) is 11.9 Å². The van der Waals surface area contributed by atoms with Crippen molar-refractivity contribution in [1.82, 2.24) is 14.9 Å². The summed E-state index contributed by atoms with van der Waals surface area (Å²) >= 11 is 0. The molecule has 4 heterocycles. The van der Waals surface area contributed by atoms with Gasteiger partial charge in [-0.3, -0.25) is 14.8 Å². The Hall–Kier alpha value is -2.47. The van der Waals surface area contributed by atoms with Crippen LogP contribution in [0.1, 0.15) is 18.5 Å². The van der Waals surface area contributed by atoms with E-state index >= 15 is 0 Å². The van der Waals surface area contributed by atoms with E-state index in [0.29, 0.717) is 19.6 Å². The predicted octanol–water partition coefficient (Wildman–Crippen LogP) is 1.86. The minimum Gasteiger partial charge on any atom is -0.486 e. The van der Waals surface area contributed by atoms with Gasteiger partial charge in [0.25, 0.3) is 0 Å². The molecule has 0 bridgehead atoms. The third-order valence-electron chi connectivity index (χ3n) is 4.84. The second-order valence-corrected chi connectivity index (χ2v) is 6.69. The smallest absolute Gasteiger partial charge is 0.228 e. The lowest BCUT2D eigenvalue weighted by Crippen LogP contribution is -2.37. The Morgan fingerprint density at radius 1 is 1.32 bits per heavy atom. The molecular formula is C19H21N3O3. The first kappa shape index (κ1) is 16.0. The van der Waals surface area contributed by atoms with E-state index in [2.05, 4.69) is 9.97 Å². The van der Waals surface area contributed by atoms with Crippen molar-refractivity contribution in [3.63, 3.8) is 0 Å². The fourth-order valence-electron chi connectivity index (χ4n) is 3.60. The molecule has 2 aromatic heterocycles. The fraction of sp³-hybridized carbons (Fsp3) is 0.421. The second kappa shape index (κ2) is 6.80. The lowest BCUT2D eigenvalue weighted by atomic mass is 9.98. The van der Waals surface area contributed by atoms with Crippen molar-refractivity contribution < 1.29 is 14.3 Å². The summed E-state index contributed by atoms with van der Waals surface area (Å²) in [5.41, 5.74) is 0.533. The zero-order valence-corrected chi connectivity index (χ0v) is 14.0. The molecular weight excluding hydrogens is 318 g/mol. The number of carbonyl (C=O) groups excluding carboxylic acids is 1. The summed E-state index contributed by atoms with van der Waals surface area (Å²) in [4.78, 5) is 22.7. The van der Waals surface area contributed by atoms with Crippen molar-refractivity contribution >= 4 is 5.91 Å². The van der Waals surface area contributed by atoms with Gasteiger partial charge in [-0.15, -0.1) is 0 Å². The highest BCUT2D eigenvalue weighted by Gasteiger charge is 2.47. The van der Waals surface area contributed by atoms with Crippen molar-refractivity contribution in [3.05, 3.63) is 54.6 Å². The van der Waals surface area contributed by atoms with E-state index in [0.717, 1.165) is 30.8 Å². The molecule has 0 radical (unpaired) electrons. The molecule has 6 nitrogen and oxygen atoms in total. The SMILES string of the molecule is O=C(Cc1ccccn1)N1CC[C@]2(C[C@H](Oc3cccnc3)CO2)C1. The van der Waals surface area contributed by atoms with Crippen LogP contribution in [0.25, 0.3) is 0 Å². The standard InChI is InChI=1S/C19H21N3O3/c23-18(10-15-4-1-2-8-21-15)22-9-6-19(14-22)11-17(13-24-19)25-16-5-3-7-20-12-16/h1-5,7-8,12,17H,6,9-11,13-14H2/t17-,19-/m0/s1. The quantitative estimate of drug-likeness (QED) is 0.851. The zero-order chi connectivity index (χ0) is 17.1. The summed E-state index contributed by atoms with van der Waals surface area (Å²) in [5.74, 6) is 0.866. The van der Waals surface area contributed by atoms with E-state index in [-0.39, 0.29) is 17.6 Å². The van der Waals surface area contributed by atoms with Gasteiger partial charge in [-0.2, -0.15) is 0 Å². The fourth-order valence-corrected chi connectivity index (χ4v) is 3.60. The number of amides is 1. The van der Waals surface area contributed by atoms with Crippen LogP contribution in [0.15, 0.2) is 48.9 Å². The number of hydrogen-bond acceptors (Lipinski definition) is 5. The average molecular weight is 339 g/mol. The highest BCUT2D eigenvalue weighted by Crippen LogP contribution is 2.36. The molecule has 130 valence electrons. The van der Waals surface area contributed by atoms with Crippen LogP contribution < -0.4 is 4.74 Å². The molecule has 0 N–H and O–H groups in total. The Kier molecular flexibility index (Phi) is 4.36. The zero-order valence-electron chi connectivity index (χ0n) is 14.0. The van der Waals surface area contributed by atoms with Gasteiger partial charge in [0.15, 0.2) is 0 Å². The summed E-state index contributed by atoms with van der Waals surface area (Å²) in [5, 5.41) is 0. The van der Waals surface area contributed by atoms with E-state index in [4.69, 9.17) is 9.47 Å². The molecule has 0 aliphatic carbocycles. The predicted molar refractivity (Wildman–Crippen MR) is 91.1 cm³/mol. The van der Waals surface area contributed by atoms with Crippen LogP contribution in [-0.2, 0) is 16.0 Å². The van der Waals surface area contributed by atoms with Gasteiger partial charge in [-0.1, -0.05) is 6.07 Å². The van der Waals surface area contributed by atoms with Gasteiger partial charge in [-0.25, -0.2) is 0 Å². The lowest BCUT2D eigenvalue weighted by Gasteiger charge is -2.23. The highest BCUT2D eigenvalue weighted by atomic mass is 16.6. The minimum absolute atomic E-state index is 0.00930. The number of likely N-dealkylation sites (tertiary alicyclic amines) is 1. The first-order valence-electron chi connectivity index (χ1n) is 8.61. The van der Waals surface area contributed by atoms with Gasteiger partial charge in [0, 0.05) is 37.6 Å². The maximum absolute atomic E-state index is 12.5. The topological polar surface area (TPSA) is 64.6 Å². The van der Waals surface area contributed by atoms with E-state index in [9.17, 15) is 4.79 Å². The van der Waals surface area contributed by atoms with Gasteiger partial charge < -0.3 is 14.4 Å². The maximum atomic E-state index is 12.5. The lowest BCUT2D eigenvalue weighted by molar-refractivity contribution is -0.130. The van der Waals surface area contributed by atoms with Crippen molar-refractivity contribution in [1.29, 1.82) is 0 Å². The Balaban J connectivity index is 1.33. The van der Waals surface area contributed by atoms with Crippen LogP contribution in [0.2, 0.25) is 0 Å². The van der Waals surface area contributed by atoms with Crippen molar-refractivity contribution in [3.8, 4) is 5.75 Å². The molecule has 1 amide bonds. The summed E-state index contributed by atoms with van der Waals surface area (Å²) in [6.07, 6.45) is 7.16. The summed E-state index contributed by atoms with van der Waals surface area (Å²) in [6.45, 7) is 1.91. The number of pyridine rings is 2. The number of aromatic nitrogens is 2. The van der Waals surface area contributed by atoms with Crippen LogP contribution in [0.5, 0.6) is 5.75 Å². The Morgan fingerprint density at radius 2 is 2.28 bits per heavy atom. The van der Waals surface area contributed by atoms with Crippen LogP contribution in [0.3, 0.4) is 0 Å². The molecule has 4 rings (SSSR count). The first-order chi connectivity index (χ1) is 12.2. The van der Waals surface area contributed by atoms with Crippen molar-refractivity contribution in [2.45, 2.75) is 31.0 Å². The molecule has 0 aromatic carbocycles. The normalized spacial score (nSPS) is 25.4. The Labute approximate surface area is 146 Å². The molecule has 6 heteroatoms. The van der Waals surface area contributed by atoms with E-state index < -0.39 is 0 Å². The molecule has 0 saturated carbocycles. The van der Waals surface area contributed by atoms with E-state index in [1.54, 1.807) is 18.6 Å². The maximum Gasteiger partial charge on any atom is 0.228 e. The number of carbonyl (C=O) groups is 1. The molecule has 25 heavy (non-hydrogen) atoms. The van der Waals surface area contributed by atoms with Crippen molar-refractivity contribution in [2.75, 3.05) is 19.7 Å². The summed E-state index contributed by atoms with van der Waals surface area (Å²) in [6, 6.07) is 9.40. The Morgan fingerprint density at radius 3 is 3.08 bits per heavy atom. The van der Waals surface area contributed by atoms with Crippen LogP contribution >= 0.6 is 0 Å². The summed E-state index contributed by atoms with van der Waals surface area (Å²) in [7, 11) is 0. The highest BCUT2D eigenvalue weighted by molar-refractivity contribution is 5.78. The number of hydrogen-bond donors (Lipinski definition) is 0. The number of ether oxygens (including phenoxy) is 2. The molecule has 2 aliphatic rings. The molecule has 2 aromatic rings. The third kappa shape index (κ3) is 3.64. The van der Waals surface area contributed by atoms with Gasteiger partial charge in [-0.05, 0) is 30.7 Å². The first-order valence-corrected chi connectivity index (χ1v) is 8.61. The molecule has 1 spiro atoms. The minimum atomic E-state index is -0.271. The monoisotopic (exact) mass is 339 g/mol. The van der Waals surface area contributed by atoms with Gasteiger partial charge in [0.05, 0.1) is 24.8 Å². The van der Waals surface area contributed by atoms with Gasteiger partial charge >= 0.3 is 0 Å². The number of nitrogens with zero attached hydrogens (tertiary/aromatic N) is 3.